The topological polar surface area (TPSA) is 71.4 Å². The number of benzene rings is 1. The third-order valence-corrected chi connectivity index (χ3v) is 5.30. The average molecular weight is 344 g/mol. The van der Waals surface area contributed by atoms with Crippen LogP contribution in [0.1, 0.15) is 65.0 Å². The second-order valence-electron chi connectivity index (χ2n) is 8.57. The van der Waals surface area contributed by atoms with Gasteiger partial charge in [0.05, 0.1) is 17.4 Å². The number of hydrogen-bond acceptors (Lipinski definition) is 4. The fraction of sp³-hybridized carbons (Fsp3) is 0.571. The predicted molar refractivity (Wildman–Crippen MR) is 96.5 cm³/mol. The van der Waals surface area contributed by atoms with Gasteiger partial charge in [0.25, 0.3) is 0 Å². The Morgan fingerprint density at radius 1 is 1.08 bits per heavy atom. The molecular weight excluding hydrogens is 316 g/mol. The summed E-state index contributed by atoms with van der Waals surface area (Å²) in [7, 11) is 0. The highest BCUT2D eigenvalue weighted by Gasteiger charge is 2.53. The lowest BCUT2D eigenvalue weighted by molar-refractivity contribution is -0.151. The quantitative estimate of drug-likeness (QED) is 0.855. The second kappa shape index (κ2) is 6.49. The zero-order chi connectivity index (χ0) is 19.2. The van der Waals surface area contributed by atoms with Crippen molar-refractivity contribution in [1.29, 1.82) is 0 Å². The summed E-state index contributed by atoms with van der Waals surface area (Å²) in [5.74, 6) is -3.03. The van der Waals surface area contributed by atoms with Crippen LogP contribution in [-0.2, 0) is 19.8 Å². The van der Waals surface area contributed by atoms with E-state index in [-0.39, 0.29) is 29.2 Å². The highest BCUT2D eigenvalue weighted by atomic mass is 16.3. The first-order valence-corrected chi connectivity index (χ1v) is 8.72. The lowest BCUT2D eigenvalue weighted by Gasteiger charge is -2.44. The molecule has 1 aromatic rings. The van der Waals surface area contributed by atoms with E-state index < -0.39 is 23.4 Å². The summed E-state index contributed by atoms with van der Waals surface area (Å²) >= 11 is 0. The molecule has 4 atom stereocenters. The molecule has 0 heterocycles. The van der Waals surface area contributed by atoms with Crippen LogP contribution in [-0.4, -0.2) is 28.1 Å². The minimum absolute atomic E-state index is 0.0215. The molecule has 2 rings (SSSR count). The zero-order valence-electron chi connectivity index (χ0n) is 15.9. The van der Waals surface area contributed by atoms with Crippen molar-refractivity contribution in [3.05, 3.63) is 35.4 Å². The molecule has 0 spiro atoms. The molecule has 1 fully saturated rings. The van der Waals surface area contributed by atoms with Gasteiger partial charge in [0.2, 0.25) is 0 Å². The first-order valence-electron chi connectivity index (χ1n) is 8.72. The number of hydrogen-bond donors (Lipinski definition) is 1. The molecular formula is C21H28O4. The van der Waals surface area contributed by atoms with Gasteiger partial charge >= 0.3 is 0 Å². The van der Waals surface area contributed by atoms with Crippen molar-refractivity contribution >= 4 is 17.3 Å². The van der Waals surface area contributed by atoms with E-state index in [9.17, 15) is 19.5 Å². The van der Waals surface area contributed by atoms with Crippen LogP contribution in [0.2, 0.25) is 0 Å². The molecule has 0 radical (unpaired) electrons. The van der Waals surface area contributed by atoms with Crippen molar-refractivity contribution < 1.29 is 19.5 Å². The number of ketones is 3. The van der Waals surface area contributed by atoms with E-state index in [0.29, 0.717) is 0 Å². The van der Waals surface area contributed by atoms with Crippen LogP contribution >= 0.6 is 0 Å². The van der Waals surface area contributed by atoms with Gasteiger partial charge in [-0.3, -0.25) is 14.4 Å². The van der Waals surface area contributed by atoms with E-state index in [1.165, 1.54) is 20.8 Å². The molecule has 1 N–H and O–H groups in total. The summed E-state index contributed by atoms with van der Waals surface area (Å²) in [6, 6.07) is 7.70. The molecule has 4 heteroatoms. The summed E-state index contributed by atoms with van der Waals surface area (Å²) in [4.78, 5) is 37.0. The Balaban J connectivity index is 2.59. The van der Waals surface area contributed by atoms with Crippen molar-refractivity contribution in [1.82, 2.24) is 0 Å². The van der Waals surface area contributed by atoms with E-state index in [1.54, 1.807) is 0 Å². The maximum Gasteiger partial charge on any atom is 0.146 e. The van der Waals surface area contributed by atoms with Gasteiger partial charge in [-0.2, -0.15) is 0 Å². The highest BCUT2D eigenvalue weighted by Crippen LogP contribution is 2.46. The van der Waals surface area contributed by atoms with Crippen molar-refractivity contribution in [2.24, 2.45) is 11.8 Å². The first-order chi connectivity index (χ1) is 11.4. The fourth-order valence-electron chi connectivity index (χ4n) is 4.11. The molecule has 1 saturated carbocycles. The zero-order valence-corrected chi connectivity index (χ0v) is 15.9. The van der Waals surface area contributed by atoms with Gasteiger partial charge in [-0.1, -0.05) is 45.0 Å². The number of carbonyl (C=O) groups is 3. The molecule has 1 aliphatic rings. The molecule has 1 aromatic carbocycles. The summed E-state index contributed by atoms with van der Waals surface area (Å²) < 4.78 is 0. The smallest absolute Gasteiger partial charge is 0.146 e. The predicted octanol–water partition coefficient (Wildman–Crippen LogP) is 3.20. The highest BCUT2D eigenvalue weighted by molar-refractivity contribution is 6.05. The molecule has 0 unspecified atom stereocenters. The van der Waals surface area contributed by atoms with Crippen molar-refractivity contribution in [3.8, 4) is 0 Å². The van der Waals surface area contributed by atoms with Crippen LogP contribution in [0.4, 0.5) is 0 Å². The minimum Gasteiger partial charge on any atom is -0.389 e. The molecule has 0 bridgehead atoms. The maximum absolute atomic E-state index is 12.5. The molecule has 1 aliphatic carbocycles. The van der Waals surface area contributed by atoms with E-state index in [4.69, 9.17) is 0 Å². The van der Waals surface area contributed by atoms with Crippen molar-refractivity contribution in [2.45, 2.75) is 64.9 Å². The number of aliphatic hydroxyl groups is 1. The molecule has 25 heavy (non-hydrogen) atoms. The molecule has 0 amide bonds. The number of rotatable bonds is 3. The van der Waals surface area contributed by atoms with Gasteiger partial charge in [-0.25, -0.2) is 0 Å². The number of Topliss-reactive ketones (excluding diaryl/α,β-unsaturated/α-hetero) is 3. The van der Waals surface area contributed by atoms with Crippen molar-refractivity contribution in [3.63, 3.8) is 0 Å². The van der Waals surface area contributed by atoms with Gasteiger partial charge in [0.15, 0.2) is 0 Å². The molecule has 0 aromatic heterocycles. The summed E-state index contributed by atoms with van der Waals surface area (Å²) in [6.45, 7) is 10.6. The van der Waals surface area contributed by atoms with Gasteiger partial charge < -0.3 is 5.11 Å². The lowest BCUT2D eigenvalue weighted by Crippen LogP contribution is -2.53. The van der Waals surface area contributed by atoms with Crippen LogP contribution in [0.15, 0.2) is 24.3 Å². The van der Waals surface area contributed by atoms with Crippen LogP contribution in [0.25, 0.3) is 0 Å². The van der Waals surface area contributed by atoms with Crippen LogP contribution in [0.3, 0.4) is 0 Å². The van der Waals surface area contributed by atoms with Crippen LogP contribution in [0.5, 0.6) is 0 Å². The molecule has 136 valence electrons. The molecule has 4 nitrogen and oxygen atoms in total. The van der Waals surface area contributed by atoms with E-state index in [0.717, 1.165) is 11.1 Å². The summed E-state index contributed by atoms with van der Waals surface area (Å²) in [6.07, 6.45) is -0.169. The third-order valence-electron chi connectivity index (χ3n) is 5.30. The third kappa shape index (κ3) is 3.74. The van der Waals surface area contributed by atoms with Gasteiger partial charge in [0.1, 0.15) is 17.3 Å². The van der Waals surface area contributed by atoms with Gasteiger partial charge in [-0.15, -0.1) is 0 Å². The monoisotopic (exact) mass is 344 g/mol. The van der Waals surface area contributed by atoms with Crippen LogP contribution < -0.4 is 0 Å². The average Bonchev–Trinajstić information content (AvgIpc) is 2.43. The standard InChI is InChI=1S/C21H28O4/c1-12(22)17-16(24)11-21(6,25)19(13(2)23)18(17)14-7-9-15(10-8-14)20(3,4)5/h7-10,17-19,25H,11H2,1-6H3/t17-,18-,19+,21+/m1/s1. The van der Waals surface area contributed by atoms with E-state index in [2.05, 4.69) is 20.8 Å². The second-order valence-corrected chi connectivity index (χ2v) is 8.57. The largest absolute Gasteiger partial charge is 0.389 e. The van der Waals surface area contributed by atoms with E-state index >= 15 is 0 Å². The lowest BCUT2D eigenvalue weighted by atomic mass is 9.59. The van der Waals surface area contributed by atoms with Gasteiger partial charge in [0, 0.05) is 12.3 Å². The Labute approximate surface area is 149 Å². The Morgan fingerprint density at radius 2 is 1.60 bits per heavy atom. The molecule has 0 aliphatic heterocycles. The summed E-state index contributed by atoms with van der Waals surface area (Å²) in [5, 5.41) is 10.7. The Hall–Kier alpha value is -1.81. The first kappa shape index (κ1) is 19.5. The van der Waals surface area contributed by atoms with Crippen molar-refractivity contribution in [2.75, 3.05) is 0 Å². The SMILES string of the molecule is CC(=O)[C@@H]1C(=O)C[C@](C)(O)[C@@H](C(C)=O)[C@@H]1c1ccc(C(C)(C)C)cc1. The Kier molecular flexibility index (Phi) is 5.06. The fourth-order valence-corrected chi connectivity index (χ4v) is 4.11. The molecule has 0 saturated heterocycles. The summed E-state index contributed by atoms with van der Waals surface area (Å²) in [5.41, 5.74) is 0.417. The van der Waals surface area contributed by atoms with Gasteiger partial charge in [-0.05, 0) is 37.3 Å². The maximum atomic E-state index is 12.5. The van der Waals surface area contributed by atoms with E-state index in [1.807, 2.05) is 24.3 Å². The minimum atomic E-state index is -1.44. The Morgan fingerprint density at radius 3 is 2.00 bits per heavy atom. The number of carbonyl (C=O) groups excluding carboxylic acids is 3. The Bertz CT molecular complexity index is 692. The van der Waals surface area contributed by atoms with Crippen LogP contribution in [0, 0.1) is 11.8 Å². The normalized spacial score (nSPS) is 30.2.